The molecule has 2 aromatic rings. The third-order valence-corrected chi connectivity index (χ3v) is 4.11. The maximum atomic E-state index is 11.8. The average molecular weight is 277 g/mol. The molecule has 0 spiro atoms. The van der Waals surface area contributed by atoms with Crippen molar-refractivity contribution in [2.45, 2.75) is 11.8 Å². The molecular formula is C14H15NO3S. The molecule has 0 atom stereocenters. The van der Waals surface area contributed by atoms with Crippen molar-refractivity contribution in [3.63, 3.8) is 0 Å². The predicted octanol–water partition coefficient (Wildman–Crippen LogP) is 1.76. The van der Waals surface area contributed by atoms with Crippen molar-refractivity contribution in [1.82, 2.24) is 4.57 Å². The molecule has 0 amide bonds. The minimum Gasteiger partial charge on any atom is -0.318 e. The number of hydrogen-bond acceptors (Lipinski definition) is 3. The van der Waals surface area contributed by atoms with E-state index in [1.807, 2.05) is 0 Å². The summed E-state index contributed by atoms with van der Waals surface area (Å²) in [5.74, 6) is 0. The van der Waals surface area contributed by atoms with Gasteiger partial charge < -0.3 is 4.57 Å². The highest BCUT2D eigenvalue weighted by Gasteiger charge is 2.14. The van der Waals surface area contributed by atoms with E-state index in [1.165, 1.54) is 10.8 Å². The first-order valence-corrected chi connectivity index (χ1v) is 7.66. The summed E-state index contributed by atoms with van der Waals surface area (Å²) in [7, 11) is -1.65. The van der Waals surface area contributed by atoms with Crippen LogP contribution in [0, 0.1) is 6.92 Å². The molecule has 0 aliphatic carbocycles. The zero-order valence-corrected chi connectivity index (χ0v) is 11.9. The maximum absolute atomic E-state index is 11.8. The van der Waals surface area contributed by atoms with Crippen LogP contribution in [0.5, 0.6) is 0 Å². The second-order valence-corrected chi connectivity index (χ2v) is 6.58. The minimum atomic E-state index is -3.30. The SMILES string of the molecule is Cc1cc(-c2ccccc2S(C)(=O)=O)cn(C)c1=O. The molecule has 0 saturated heterocycles. The van der Waals surface area contributed by atoms with Gasteiger partial charge in [-0.25, -0.2) is 8.42 Å². The van der Waals surface area contributed by atoms with Gasteiger partial charge in [-0.1, -0.05) is 18.2 Å². The van der Waals surface area contributed by atoms with E-state index >= 15 is 0 Å². The fraction of sp³-hybridized carbons (Fsp3) is 0.214. The van der Waals surface area contributed by atoms with E-state index in [9.17, 15) is 13.2 Å². The molecule has 0 fully saturated rings. The van der Waals surface area contributed by atoms with E-state index in [0.717, 1.165) is 5.56 Å². The van der Waals surface area contributed by atoms with Crippen LogP contribution >= 0.6 is 0 Å². The molecule has 4 nitrogen and oxygen atoms in total. The molecular weight excluding hydrogens is 262 g/mol. The van der Waals surface area contributed by atoms with E-state index in [0.29, 0.717) is 11.1 Å². The van der Waals surface area contributed by atoms with Crippen LogP contribution in [0.3, 0.4) is 0 Å². The molecule has 0 aliphatic heterocycles. The van der Waals surface area contributed by atoms with E-state index in [1.54, 1.807) is 50.5 Å². The van der Waals surface area contributed by atoms with Gasteiger partial charge in [-0.15, -0.1) is 0 Å². The number of benzene rings is 1. The van der Waals surface area contributed by atoms with E-state index in [-0.39, 0.29) is 10.5 Å². The molecule has 19 heavy (non-hydrogen) atoms. The topological polar surface area (TPSA) is 56.1 Å². The zero-order chi connectivity index (χ0) is 14.2. The lowest BCUT2D eigenvalue weighted by Gasteiger charge is -2.10. The molecule has 0 radical (unpaired) electrons. The number of rotatable bonds is 2. The standard InChI is InChI=1S/C14H15NO3S/c1-10-8-11(9-15(2)14(10)16)12-6-4-5-7-13(12)19(3,17)18/h4-9H,1-3H3. The first-order chi connectivity index (χ1) is 8.80. The van der Waals surface area contributed by atoms with Gasteiger partial charge in [-0.2, -0.15) is 0 Å². The van der Waals surface area contributed by atoms with Gasteiger partial charge in [0.15, 0.2) is 9.84 Å². The van der Waals surface area contributed by atoms with Crippen LogP contribution in [0.4, 0.5) is 0 Å². The van der Waals surface area contributed by atoms with Gasteiger partial charge in [0.05, 0.1) is 4.90 Å². The molecule has 0 unspecified atom stereocenters. The van der Waals surface area contributed by atoms with Crippen molar-refractivity contribution in [2.75, 3.05) is 6.26 Å². The Bertz CT molecular complexity index is 762. The number of pyridine rings is 1. The van der Waals surface area contributed by atoms with Crippen LogP contribution in [0.1, 0.15) is 5.56 Å². The van der Waals surface area contributed by atoms with Crippen molar-refractivity contribution in [3.05, 3.63) is 52.4 Å². The molecule has 1 aromatic heterocycles. The van der Waals surface area contributed by atoms with Crippen LogP contribution in [-0.4, -0.2) is 19.2 Å². The second-order valence-electron chi connectivity index (χ2n) is 4.60. The predicted molar refractivity (Wildman–Crippen MR) is 75.0 cm³/mol. The van der Waals surface area contributed by atoms with Crippen molar-refractivity contribution < 1.29 is 8.42 Å². The van der Waals surface area contributed by atoms with E-state index in [4.69, 9.17) is 0 Å². The normalized spacial score (nSPS) is 11.5. The lowest BCUT2D eigenvalue weighted by atomic mass is 10.1. The van der Waals surface area contributed by atoms with Crippen molar-refractivity contribution in [3.8, 4) is 11.1 Å². The van der Waals surface area contributed by atoms with Gasteiger partial charge in [0, 0.05) is 30.6 Å². The van der Waals surface area contributed by atoms with Gasteiger partial charge in [-0.3, -0.25) is 4.79 Å². The molecule has 0 aliphatic rings. The Morgan fingerprint density at radius 3 is 2.37 bits per heavy atom. The third kappa shape index (κ3) is 2.61. The summed E-state index contributed by atoms with van der Waals surface area (Å²) in [5.41, 5.74) is 1.84. The van der Waals surface area contributed by atoms with Crippen molar-refractivity contribution in [1.29, 1.82) is 0 Å². The number of nitrogens with zero attached hydrogens (tertiary/aromatic N) is 1. The highest BCUT2D eigenvalue weighted by atomic mass is 32.2. The molecule has 2 rings (SSSR count). The average Bonchev–Trinajstić information content (AvgIpc) is 2.34. The lowest BCUT2D eigenvalue weighted by molar-refractivity contribution is 0.602. The number of hydrogen-bond donors (Lipinski definition) is 0. The van der Waals surface area contributed by atoms with Crippen molar-refractivity contribution in [2.24, 2.45) is 7.05 Å². The first kappa shape index (κ1) is 13.5. The fourth-order valence-electron chi connectivity index (χ4n) is 2.05. The van der Waals surface area contributed by atoms with Crippen LogP contribution in [0.15, 0.2) is 46.2 Å². The highest BCUT2D eigenvalue weighted by molar-refractivity contribution is 7.90. The third-order valence-electron chi connectivity index (χ3n) is 2.96. The summed E-state index contributed by atoms with van der Waals surface area (Å²) in [6.45, 7) is 1.72. The fourth-order valence-corrected chi connectivity index (χ4v) is 2.96. The minimum absolute atomic E-state index is 0.0828. The molecule has 0 N–H and O–H groups in total. The Labute approximate surface area is 112 Å². The van der Waals surface area contributed by atoms with Gasteiger partial charge in [0.25, 0.3) is 5.56 Å². The smallest absolute Gasteiger partial charge is 0.253 e. The summed E-state index contributed by atoms with van der Waals surface area (Å²) in [5, 5.41) is 0. The molecule has 0 bridgehead atoms. The van der Waals surface area contributed by atoms with Gasteiger partial charge in [-0.05, 0) is 24.6 Å². The zero-order valence-electron chi connectivity index (χ0n) is 11.0. The Balaban J connectivity index is 2.77. The quantitative estimate of drug-likeness (QED) is 0.840. The molecule has 100 valence electrons. The number of aryl methyl sites for hydroxylation is 2. The van der Waals surface area contributed by atoms with Gasteiger partial charge in [0.1, 0.15) is 0 Å². The summed E-state index contributed by atoms with van der Waals surface area (Å²) in [6.07, 6.45) is 2.83. The Hall–Kier alpha value is -1.88. The van der Waals surface area contributed by atoms with E-state index in [2.05, 4.69) is 0 Å². The first-order valence-electron chi connectivity index (χ1n) is 5.77. The Morgan fingerprint density at radius 2 is 1.79 bits per heavy atom. The van der Waals surface area contributed by atoms with Crippen LogP contribution in [-0.2, 0) is 16.9 Å². The van der Waals surface area contributed by atoms with E-state index < -0.39 is 9.84 Å². The lowest BCUT2D eigenvalue weighted by Crippen LogP contribution is -2.18. The summed E-state index contributed by atoms with van der Waals surface area (Å²) in [4.78, 5) is 11.9. The maximum Gasteiger partial charge on any atom is 0.253 e. The monoisotopic (exact) mass is 277 g/mol. The second kappa shape index (κ2) is 4.66. The number of aromatic nitrogens is 1. The highest BCUT2D eigenvalue weighted by Crippen LogP contribution is 2.26. The van der Waals surface area contributed by atoms with Crippen LogP contribution < -0.4 is 5.56 Å². The summed E-state index contributed by atoms with van der Waals surface area (Å²) in [6, 6.07) is 8.51. The molecule has 5 heteroatoms. The van der Waals surface area contributed by atoms with Gasteiger partial charge in [0.2, 0.25) is 0 Å². The summed E-state index contributed by atoms with van der Waals surface area (Å²) >= 11 is 0. The summed E-state index contributed by atoms with van der Waals surface area (Å²) < 4.78 is 25.1. The number of sulfone groups is 1. The van der Waals surface area contributed by atoms with Crippen LogP contribution in [0.25, 0.3) is 11.1 Å². The van der Waals surface area contributed by atoms with Crippen molar-refractivity contribution >= 4 is 9.84 Å². The van der Waals surface area contributed by atoms with Crippen LogP contribution in [0.2, 0.25) is 0 Å². The van der Waals surface area contributed by atoms with Gasteiger partial charge >= 0.3 is 0 Å². The Morgan fingerprint density at radius 1 is 1.16 bits per heavy atom. The molecule has 1 aromatic carbocycles. The molecule has 1 heterocycles. The Kier molecular flexibility index (Phi) is 3.32. The molecule has 0 saturated carbocycles. The largest absolute Gasteiger partial charge is 0.318 e.